The Morgan fingerprint density at radius 3 is 2.43 bits per heavy atom. The van der Waals surface area contributed by atoms with E-state index in [1.807, 2.05) is 48.5 Å². The fraction of sp³-hybridized carbons (Fsp3) is 0.190. The van der Waals surface area contributed by atoms with Crippen molar-refractivity contribution in [3.8, 4) is 0 Å². The van der Waals surface area contributed by atoms with Crippen molar-refractivity contribution >= 4 is 0 Å². The molecule has 0 spiro atoms. The summed E-state index contributed by atoms with van der Waals surface area (Å²) in [5.74, 6) is 0.0584. The lowest BCUT2D eigenvalue weighted by molar-refractivity contribution is 0.0180. The van der Waals surface area contributed by atoms with Gasteiger partial charge < -0.3 is 5.11 Å². The Labute approximate surface area is 136 Å². The molecule has 1 heterocycles. The van der Waals surface area contributed by atoms with Crippen LogP contribution in [0.25, 0.3) is 0 Å². The Hall–Kier alpha value is -2.45. The second-order valence-corrected chi connectivity index (χ2v) is 6.25. The Morgan fingerprint density at radius 2 is 1.65 bits per heavy atom. The van der Waals surface area contributed by atoms with E-state index in [9.17, 15) is 5.11 Å². The standard InChI is InChI=1S/C21H19NO/c23-21(15-18-11-6-7-13-22-18)19-12-5-4-10-17(19)14-20(21)16-8-2-1-3-9-16/h1-13,20,23H,14-15H2/t20-,21+/m0/s1. The highest BCUT2D eigenvalue weighted by atomic mass is 16.3. The SMILES string of the molecule is O[C@]1(Cc2ccccn2)c2ccccc2C[C@H]1c1ccccc1. The number of nitrogens with zero attached hydrogens (tertiary/aromatic N) is 1. The van der Waals surface area contributed by atoms with Gasteiger partial charge in [-0.15, -0.1) is 0 Å². The molecule has 1 aromatic heterocycles. The maximum Gasteiger partial charge on any atom is 0.103 e. The molecule has 2 nitrogen and oxygen atoms in total. The number of hydrogen-bond donors (Lipinski definition) is 1. The van der Waals surface area contributed by atoms with Crippen molar-refractivity contribution in [2.24, 2.45) is 0 Å². The van der Waals surface area contributed by atoms with E-state index in [-0.39, 0.29) is 5.92 Å². The van der Waals surface area contributed by atoms with Gasteiger partial charge in [0.05, 0.1) is 0 Å². The van der Waals surface area contributed by atoms with Crippen LogP contribution in [0.15, 0.2) is 79.0 Å². The maximum absolute atomic E-state index is 11.7. The van der Waals surface area contributed by atoms with E-state index in [1.165, 1.54) is 11.1 Å². The highest BCUT2D eigenvalue weighted by molar-refractivity contribution is 5.45. The van der Waals surface area contributed by atoms with Gasteiger partial charge >= 0.3 is 0 Å². The van der Waals surface area contributed by atoms with Gasteiger partial charge in [-0.05, 0) is 35.2 Å². The fourth-order valence-corrected chi connectivity index (χ4v) is 3.77. The van der Waals surface area contributed by atoms with E-state index in [4.69, 9.17) is 0 Å². The Morgan fingerprint density at radius 1 is 0.913 bits per heavy atom. The van der Waals surface area contributed by atoms with Gasteiger partial charge in [0.25, 0.3) is 0 Å². The van der Waals surface area contributed by atoms with E-state index >= 15 is 0 Å². The minimum absolute atomic E-state index is 0.0584. The molecule has 2 aromatic carbocycles. The van der Waals surface area contributed by atoms with Gasteiger partial charge in [-0.25, -0.2) is 0 Å². The Balaban J connectivity index is 1.81. The number of rotatable bonds is 3. The van der Waals surface area contributed by atoms with Crippen molar-refractivity contribution in [2.75, 3.05) is 0 Å². The quantitative estimate of drug-likeness (QED) is 0.797. The number of pyridine rings is 1. The molecule has 0 radical (unpaired) electrons. The second-order valence-electron chi connectivity index (χ2n) is 6.25. The van der Waals surface area contributed by atoms with Crippen LogP contribution in [0.1, 0.15) is 28.3 Å². The van der Waals surface area contributed by atoms with Gasteiger partial charge in [0, 0.05) is 24.2 Å². The van der Waals surface area contributed by atoms with Crippen LogP contribution in [0.2, 0.25) is 0 Å². The summed E-state index contributed by atoms with van der Waals surface area (Å²) in [5.41, 5.74) is 3.47. The molecule has 4 rings (SSSR count). The molecular formula is C21H19NO. The number of fused-ring (bicyclic) bond motifs is 1. The van der Waals surface area contributed by atoms with Gasteiger partial charge in [0.1, 0.15) is 5.60 Å². The van der Waals surface area contributed by atoms with Gasteiger partial charge in [0.2, 0.25) is 0 Å². The van der Waals surface area contributed by atoms with Crippen LogP contribution in [-0.2, 0) is 18.4 Å². The van der Waals surface area contributed by atoms with Crippen LogP contribution in [0.5, 0.6) is 0 Å². The van der Waals surface area contributed by atoms with Crippen molar-refractivity contribution in [1.82, 2.24) is 4.98 Å². The summed E-state index contributed by atoms with van der Waals surface area (Å²) >= 11 is 0. The van der Waals surface area contributed by atoms with Crippen molar-refractivity contribution < 1.29 is 5.11 Å². The lowest BCUT2D eigenvalue weighted by Gasteiger charge is -2.31. The molecule has 0 unspecified atom stereocenters. The molecule has 2 atom stereocenters. The van der Waals surface area contributed by atoms with E-state index in [0.717, 1.165) is 17.7 Å². The normalized spacial score (nSPS) is 22.7. The Kier molecular flexibility index (Phi) is 3.47. The molecule has 0 bridgehead atoms. The molecule has 0 aliphatic heterocycles. The summed E-state index contributed by atoms with van der Waals surface area (Å²) in [5, 5.41) is 11.7. The van der Waals surface area contributed by atoms with E-state index < -0.39 is 5.60 Å². The number of hydrogen-bond acceptors (Lipinski definition) is 2. The number of aromatic nitrogens is 1. The highest BCUT2D eigenvalue weighted by Crippen LogP contribution is 2.48. The van der Waals surface area contributed by atoms with Gasteiger partial charge in [-0.1, -0.05) is 60.7 Å². The second kappa shape index (κ2) is 5.64. The first-order chi connectivity index (χ1) is 11.3. The van der Waals surface area contributed by atoms with Crippen molar-refractivity contribution in [2.45, 2.75) is 24.4 Å². The molecule has 0 amide bonds. The third-order valence-corrected chi connectivity index (χ3v) is 4.86. The molecule has 2 heteroatoms. The zero-order chi connectivity index (χ0) is 15.7. The van der Waals surface area contributed by atoms with Crippen LogP contribution >= 0.6 is 0 Å². The average molecular weight is 301 g/mol. The first-order valence-electron chi connectivity index (χ1n) is 8.03. The minimum atomic E-state index is -0.910. The van der Waals surface area contributed by atoms with Gasteiger partial charge in [-0.2, -0.15) is 0 Å². The summed E-state index contributed by atoms with van der Waals surface area (Å²) in [7, 11) is 0. The zero-order valence-electron chi connectivity index (χ0n) is 12.9. The van der Waals surface area contributed by atoms with E-state index in [1.54, 1.807) is 6.20 Å². The molecule has 0 saturated heterocycles. The highest BCUT2D eigenvalue weighted by Gasteiger charge is 2.46. The predicted molar refractivity (Wildman–Crippen MR) is 91.2 cm³/mol. The van der Waals surface area contributed by atoms with Crippen LogP contribution in [-0.4, -0.2) is 10.1 Å². The third kappa shape index (κ3) is 2.45. The maximum atomic E-state index is 11.7. The van der Waals surface area contributed by atoms with E-state index in [0.29, 0.717) is 6.42 Å². The molecule has 3 aromatic rings. The molecule has 1 aliphatic rings. The molecule has 0 fully saturated rings. The summed E-state index contributed by atoms with van der Waals surface area (Å²) in [6, 6.07) is 24.4. The monoisotopic (exact) mass is 301 g/mol. The molecule has 0 saturated carbocycles. The summed E-state index contributed by atoms with van der Waals surface area (Å²) < 4.78 is 0. The van der Waals surface area contributed by atoms with Crippen molar-refractivity contribution in [1.29, 1.82) is 0 Å². The summed E-state index contributed by atoms with van der Waals surface area (Å²) in [6.45, 7) is 0. The number of benzene rings is 2. The summed E-state index contributed by atoms with van der Waals surface area (Å²) in [4.78, 5) is 4.43. The molecule has 1 aliphatic carbocycles. The third-order valence-electron chi connectivity index (χ3n) is 4.86. The molecule has 1 N–H and O–H groups in total. The number of aliphatic hydroxyl groups is 1. The zero-order valence-corrected chi connectivity index (χ0v) is 12.9. The van der Waals surface area contributed by atoms with Crippen LogP contribution < -0.4 is 0 Å². The van der Waals surface area contributed by atoms with Crippen LogP contribution in [0, 0.1) is 0 Å². The van der Waals surface area contributed by atoms with Crippen molar-refractivity contribution in [3.63, 3.8) is 0 Å². The molecule has 23 heavy (non-hydrogen) atoms. The Bertz CT molecular complexity index is 800. The molecular weight excluding hydrogens is 282 g/mol. The first-order valence-corrected chi connectivity index (χ1v) is 8.03. The first kappa shape index (κ1) is 14.2. The molecule has 114 valence electrons. The summed E-state index contributed by atoms with van der Waals surface area (Å²) in [6.07, 6.45) is 3.19. The van der Waals surface area contributed by atoms with E-state index in [2.05, 4.69) is 29.2 Å². The largest absolute Gasteiger partial charge is 0.384 e. The fourth-order valence-electron chi connectivity index (χ4n) is 3.77. The topological polar surface area (TPSA) is 33.1 Å². The predicted octanol–water partition coefficient (Wildman–Crippen LogP) is 3.85. The van der Waals surface area contributed by atoms with Gasteiger partial charge in [0.15, 0.2) is 0 Å². The lowest BCUT2D eigenvalue weighted by atomic mass is 9.79. The smallest absolute Gasteiger partial charge is 0.103 e. The lowest BCUT2D eigenvalue weighted by Crippen LogP contribution is -2.33. The van der Waals surface area contributed by atoms with Crippen LogP contribution in [0.3, 0.4) is 0 Å². The van der Waals surface area contributed by atoms with Crippen molar-refractivity contribution in [3.05, 3.63) is 101 Å². The minimum Gasteiger partial charge on any atom is -0.384 e. The average Bonchev–Trinajstić information content (AvgIpc) is 2.90. The van der Waals surface area contributed by atoms with Crippen LogP contribution in [0.4, 0.5) is 0 Å². The van der Waals surface area contributed by atoms with Gasteiger partial charge in [-0.3, -0.25) is 4.98 Å².